The molecule has 0 aliphatic rings. The molecule has 1 aromatic carbocycles. The number of rotatable bonds is 6. The van der Waals surface area contributed by atoms with Gasteiger partial charge in [-0.1, -0.05) is 29.3 Å². The number of aromatic nitrogens is 4. The van der Waals surface area contributed by atoms with E-state index >= 15 is 0 Å². The maximum atomic E-state index is 12.0. The Balaban J connectivity index is 1.53. The van der Waals surface area contributed by atoms with Gasteiger partial charge in [-0.2, -0.15) is 10.2 Å². The highest BCUT2D eigenvalue weighted by Gasteiger charge is 2.07. The van der Waals surface area contributed by atoms with Crippen molar-refractivity contribution in [3.63, 3.8) is 0 Å². The first kappa shape index (κ1) is 17.5. The fourth-order valence-electron chi connectivity index (χ4n) is 2.37. The van der Waals surface area contributed by atoms with Crippen LogP contribution in [-0.4, -0.2) is 25.5 Å². The van der Waals surface area contributed by atoms with E-state index in [1.54, 1.807) is 40.1 Å². The zero-order chi connectivity index (χ0) is 17.8. The molecule has 0 aliphatic carbocycles. The fraction of sp³-hybridized carbons (Fsp3) is 0.235. The molecule has 3 rings (SSSR count). The third kappa shape index (κ3) is 4.84. The largest absolute Gasteiger partial charge is 0.323 e. The first-order valence-electron chi connectivity index (χ1n) is 7.75. The molecule has 3 aromatic rings. The van der Waals surface area contributed by atoms with Gasteiger partial charge < -0.3 is 5.32 Å². The molecule has 6 nitrogen and oxygen atoms in total. The van der Waals surface area contributed by atoms with E-state index in [9.17, 15) is 4.79 Å². The van der Waals surface area contributed by atoms with Crippen LogP contribution in [0.4, 0.5) is 5.69 Å². The second-order valence-corrected chi connectivity index (χ2v) is 6.57. The van der Waals surface area contributed by atoms with E-state index in [1.807, 2.05) is 19.2 Å². The van der Waals surface area contributed by atoms with Crippen molar-refractivity contribution in [2.24, 2.45) is 0 Å². The maximum absolute atomic E-state index is 12.0. The normalized spacial score (nSPS) is 10.8. The number of anilines is 1. The third-order valence-electron chi connectivity index (χ3n) is 3.58. The standard InChI is InChI=1S/C17H17Cl2N5O/c1-12-7-20-23(9-12)5-4-17(25)22-14-8-21-24(11-14)10-13-2-3-15(18)16(19)6-13/h2-3,6-9,11H,4-5,10H2,1H3,(H,22,25). The van der Waals surface area contributed by atoms with Crippen molar-refractivity contribution in [3.8, 4) is 0 Å². The summed E-state index contributed by atoms with van der Waals surface area (Å²) in [6.45, 7) is 3.04. The highest BCUT2D eigenvalue weighted by molar-refractivity contribution is 6.42. The van der Waals surface area contributed by atoms with Crippen molar-refractivity contribution in [2.45, 2.75) is 26.4 Å². The van der Waals surface area contributed by atoms with E-state index in [4.69, 9.17) is 23.2 Å². The Morgan fingerprint density at radius 1 is 1.12 bits per heavy atom. The SMILES string of the molecule is Cc1cnn(CCC(=O)Nc2cnn(Cc3ccc(Cl)c(Cl)c3)c2)c1. The van der Waals surface area contributed by atoms with Crippen LogP contribution in [0.25, 0.3) is 0 Å². The molecule has 0 fully saturated rings. The van der Waals surface area contributed by atoms with Crippen LogP contribution in [0.5, 0.6) is 0 Å². The molecule has 2 aromatic heterocycles. The van der Waals surface area contributed by atoms with E-state index in [-0.39, 0.29) is 5.91 Å². The summed E-state index contributed by atoms with van der Waals surface area (Å²) in [6, 6.07) is 5.44. The van der Waals surface area contributed by atoms with Gasteiger partial charge in [0, 0.05) is 25.4 Å². The molecule has 0 aliphatic heterocycles. The molecule has 0 unspecified atom stereocenters. The lowest BCUT2D eigenvalue weighted by Crippen LogP contribution is -2.14. The number of nitrogens with zero attached hydrogens (tertiary/aromatic N) is 4. The van der Waals surface area contributed by atoms with Crippen LogP contribution in [0.2, 0.25) is 10.0 Å². The predicted molar refractivity (Wildman–Crippen MR) is 98.0 cm³/mol. The molecule has 0 atom stereocenters. The Morgan fingerprint density at radius 3 is 2.64 bits per heavy atom. The minimum atomic E-state index is -0.0813. The quantitative estimate of drug-likeness (QED) is 0.710. The van der Waals surface area contributed by atoms with Crippen molar-refractivity contribution in [3.05, 3.63) is 64.2 Å². The summed E-state index contributed by atoms with van der Waals surface area (Å²) >= 11 is 11.9. The van der Waals surface area contributed by atoms with E-state index in [2.05, 4.69) is 15.5 Å². The van der Waals surface area contributed by atoms with Crippen molar-refractivity contribution in [1.82, 2.24) is 19.6 Å². The van der Waals surface area contributed by atoms with E-state index in [0.717, 1.165) is 11.1 Å². The zero-order valence-electron chi connectivity index (χ0n) is 13.6. The van der Waals surface area contributed by atoms with Gasteiger partial charge >= 0.3 is 0 Å². The van der Waals surface area contributed by atoms with Crippen molar-refractivity contribution in [2.75, 3.05) is 5.32 Å². The number of benzene rings is 1. The van der Waals surface area contributed by atoms with Gasteiger partial charge in [0.2, 0.25) is 5.91 Å². The summed E-state index contributed by atoms with van der Waals surface area (Å²) in [5.41, 5.74) is 2.70. The topological polar surface area (TPSA) is 64.7 Å². The molecule has 1 amide bonds. The van der Waals surface area contributed by atoms with Gasteiger partial charge in [-0.15, -0.1) is 0 Å². The summed E-state index contributed by atoms with van der Waals surface area (Å²) < 4.78 is 3.48. The molecule has 0 saturated heterocycles. The van der Waals surface area contributed by atoms with Gasteiger partial charge in [0.15, 0.2) is 0 Å². The van der Waals surface area contributed by atoms with Gasteiger partial charge in [-0.3, -0.25) is 14.2 Å². The number of carbonyl (C=O) groups is 1. The smallest absolute Gasteiger partial charge is 0.226 e. The van der Waals surface area contributed by atoms with Crippen LogP contribution in [0.3, 0.4) is 0 Å². The number of hydrogen-bond acceptors (Lipinski definition) is 3. The second kappa shape index (κ2) is 7.72. The second-order valence-electron chi connectivity index (χ2n) is 5.75. The monoisotopic (exact) mass is 377 g/mol. The first-order chi connectivity index (χ1) is 12.0. The van der Waals surface area contributed by atoms with Crippen LogP contribution in [0.1, 0.15) is 17.5 Å². The summed E-state index contributed by atoms with van der Waals surface area (Å²) in [4.78, 5) is 12.0. The number of hydrogen-bond donors (Lipinski definition) is 1. The van der Waals surface area contributed by atoms with Crippen molar-refractivity contribution >= 4 is 34.8 Å². The average molecular weight is 378 g/mol. The van der Waals surface area contributed by atoms with Crippen molar-refractivity contribution < 1.29 is 4.79 Å². The number of nitrogens with one attached hydrogen (secondary N) is 1. The third-order valence-corrected chi connectivity index (χ3v) is 4.31. The summed E-state index contributed by atoms with van der Waals surface area (Å²) in [6.07, 6.45) is 7.42. The maximum Gasteiger partial charge on any atom is 0.226 e. The molecule has 8 heteroatoms. The van der Waals surface area contributed by atoms with Crippen LogP contribution in [-0.2, 0) is 17.9 Å². The zero-order valence-corrected chi connectivity index (χ0v) is 15.1. The number of halogens is 2. The fourth-order valence-corrected chi connectivity index (χ4v) is 2.69. The van der Waals surface area contributed by atoms with Crippen LogP contribution in [0, 0.1) is 6.92 Å². The molecule has 0 radical (unpaired) electrons. The van der Waals surface area contributed by atoms with Gasteiger partial charge in [0.25, 0.3) is 0 Å². The van der Waals surface area contributed by atoms with E-state index in [0.29, 0.717) is 35.2 Å². The lowest BCUT2D eigenvalue weighted by atomic mass is 10.2. The summed E-state index contributed by atoms with van der Waals surface area (Å²) in [7, 11) is 0. The number of amides is 1. The highest BCUT2D eigenvalue weighted by Crippen LogP contribution is 2.23. The molecule has 0 saturated carbocycles. The summed E-state index contributed by atoms with van der Waals surface area (Å²) in [5.74, 6) is -0.0813. The molecule has 1 N–H and O–H groups in total. The minimum Gasteiger partial charge on any atom is -0.323 e. The highest BCUT2D eigenvalue weighted by atomic mass is 35.5. The Bertz CT molecular complexity index is 887. The Labute approximate surface area is 155 Å². The molecule has 0 spiro atoms. The molecule has 25 heavy (non-hydrogen) atoms. The molecule has 0 bridgehead atoms. The first-order valence-corrected chi connectivity index (χ1v) is 8.50. The van der Waals surface area contributed by atoms with Gasteiger partial charge in [0.05, 0.1) is 34.7 Å². The van der Waals surface area contributed by atoms with Gasteiger partial charge in [-0.25, -0.2) is 0 Å². The Kier molecular flexibility index (Phi) is 5.40. The van der Waals surface area contributed by atoms with Crippen LogP contribution < -0.4 is 5.32 Å². The Hall–Kier alpha value is -2.31. The molecular formula is C17H17Cl2N5O. The average Bonchev–Trinajstić information content (AvgIpc) is 3.18. The van der Waals surface area contributed by atoms with E-state index < -0.39 is 0 Å². The Morgan fingerprint density at radius 2 is 1.92 bits per heavy atom. The molecular weight excluding hydrogens is 361 g/mol. The van der Waals surface area contributed by atoms with Gasteiger partial charge in [-0.05, 0) is 30.2 Å². The lowest BCUT2D eigenvalue weighted by Gasteiger charge is -2.04. The van der Waals surface area contributed by atoms with Gasteiger partial charge in [0.1, 0.15) is 0 Å². The van der Waals surface area contributed by atoms with Crippen LogP contribution in [0.15, 0.2) is 43.0 Å². The van der Waals surface area contributed by atoms with Crippen LogP contribution >= 0.6 is 23.2 Å². The molecule has 2 heterocycles. The van der Waals surface area contributed by atoms with Crippen molar-refractivity contribution in [1.29, 1.82) is 0 Å². The van der Waals surface area contributed by atoms with E-state index in [1.165, 1.54) is 0 Å². The lowest BCUT2D eigenvalue weighted by molar-refractivity contribution is -0.116. The number of aryl methyl sites for hydroxylation is 2. The minimum absolute atomic E-state index is 0.0813. The predicted octanol–water partition coefficient (Wildman–Crippen LogP) is 3.77. The number of carbonyl (C=O) groups excluding carboxylic acids is 1. The summed E-state index contributed by atoms with van der Waals surface area (Å²) in [5, 5.41) is 12.3. The molecule has 130 valence electrons.